The first-order valence-electron chi connectivity index (χ1n) is 11.5. The summed E-state index contributed by atoms with van der Waals surface area (Å²) in [6.07, 6.45) is 4.07. The van der Waals surface area contributed by atoms with Crippen molar-refractivity contribution in [3.8, 4) is 5.75 Å². The molecular weight excluding hydrogens is 394 g/mol. The van der Waals surface area contributed by atoms with Gasteiger partial charge >= 0.3 is 0 Å². The maximum atomic E-state index is 12.0. The maximum Gasteiger partial charge on any atom is 0.225 e. The van der Waals surface area contributed by atoms with Crippen LogP contribution in [0.15, 0.2) is 18.2 Å². The Balaban J connectivity index is 1.48. The van der Waals surface area contributed by atoms with Gasteiger partial charge in [-0.25, -0.2) is 0 Å². The second-order valence-corrected chi connectivity index (χ2v) is 9.27. The van der Waals surface area contributed by atoms with Gasteiger partial charge in [-0.3, -0.25) is 4.79 Å². The zero-order chi connectivity index (χ0) is 22.3. The molecule has 31 heavy (non-hydrogen) atoms. The maximum absolute atomic E-state index is 12.0. The van der Waals surface area contributed by atoms with E-state index in [0.29, 0.717) is 12.6 Å². The van der Waals surface area contributed by atoms with Crippen LogP contribution in [0.2, 0.25) is 0 Å². The van der Waals surface area contributed by atoms with Crippen molar-refractivity contribution < 1.29 is 19.0 Å². The summed E-state index contributed by atoms with van der Waals surface area (Å²) in [4.78, 5) is 14.4. The molecule has 0 bridgehead atoms. The molecule has 2 aliphatic heterocycles. The molecule has 2 aliphatic rings. The standard InChI is InChI=1S/C24H39N3O4/c1-24(2,23(28)25-3)15-19-7-8-20(16-26-19)31-17-18-6-9-22-21(14-18)27(11-13-30-22)10-5-12-29-4/h6,9,14,19-20,26H,5,7-8,10-13,15-17H2,1-4H3,(H,25,28)/t19-,20+/m0/s1. The highest BCUT2D eigenvalue weighted by atomic mass is 16.5. The van der Waals surface area contributed by atoms with Crippen LogP contribution in [0.3, 0.4) is 0 Å². The van der Waals surface area contributed by atoms with Crippen molar-refractivity contribution in [3.05, 3.63) is 23.8 Å². The van der Waals surface area contributed by atoms with E-state index >= 15 is 0 Å². The van der Waals surface area contributed by atoms with Gasteiger partial charge in [0, 0.05) is 45.3 Å². The van der Waals surface area contributed by atoms with Crippen LogP contribution < -0.4 is 20.3 Å². The highest BCUT2D eigenvalue weighted by Gasteiger charge is 2.32. The number of hydrogen-bond acceptors (Lipinski definition) is 6. The normalized spacial score (nSPS) is 21.4. The van der Waals surface area contributed by atoms with Gasteiger partial charge in [-0.15, -0.1) is 0 Å². The lowest BCUT2D eigenvalue weighted by molar-refractivity contribution is -0.129. The quantitative estimate of drug-likeness (QED) is 0.553. The van der Waals surface area contributed by atoms with Crippen LogP contribution in [0.1, 0.15) is 45.1 Å². The van der Waals surface area contributed by atoms with Crippen molar-refractivity contribution in [1.82, 2.24) is 10.6 Å². The van der Waals surface area contributed by atoms with E-state index in [-0.39, 0.29) is 17.4 Å². The predicted molar refractivity (Wildman–Crippen MR) is 123 cm³/mol. The van der Waals surface area contributed by atoms with E-state index in [4.69, 9.17) is 14.2 Å². The van der Waals surface area contributed by atoms with E-state index in [1.807, 2.05) is 13.8 Å². The van der Waals surface area contributed by atoms with Crippen molar-refractivity contribution in [3.63, 3.8) is 0 Å². The number of rotatable bonds is 10. The van der Waals surface area contributed by atoms with E-state index in [9.17, 15) is 4.79 Å². The number of methoxy groups -OCH3 is 1. The minimum Gasteiger partial charge on any atom is -0.490 e. The summed E-state index contributed by atoms with van der Waals surface area (Å²) in [7, 11) is 3.45. The number of anilines is 1. The molecular formula is C24H39N3O4. The van der Waals surface area contributed by atoms with E-state index < -0.39 is 0 Å². The molecule has 1 aromatic carbocycles. The minimum atomic E-state index is -0.361. The van der Waals surface area contributed by atoms with Gasteiger partial charge < -0.3 is 29.7 Å². The van der Waals surface area contributed by atoms with Crippen LogP contribution in [0, 0.1) is 5.41 Å². The largest absolute Gasteiger partial charge is 0.490 e. The Morgan fingerprint density at radius 3 is 2.90 bits per heavy atom. The molecule has 1 amide bonds. The first-order valence-corrected chi connectivity index (χ1v) is 11.5. The summed E-state index contributed by atoms with van der Waals surface area (Å²) in [6.45, 7) is 8.80. The molecule has 3 rings (SSSR count). The van der Waals surface area contributed by atoms with E-state index in [1.165, 1.54) is 5.56 Å². The molecule has 0 aromatic heterocycles. The number of fused-ring (bicyclic) bond motifs is 1. The fourth-order valence-electron chi connectivity index (χ4n) is 4.51. The number of nitrogens with zero attached hydrogens (tertiary/aromatic N) is 1. The third kappa shape index (κ3) is 6.57. The second-order valence-electron chi connectivity index (χ2n) is 9.27. The Kier molecular flexibility index (Phi) is 8.58. The molecule has 2 atom stereocenters. The number of hydrogen-bond donors (Lipinski definition) is 2. The summed E-state index contributed by atoms with van der Waals surface area (Å²) in [5.74, 6) is 1.05. The lowest BCUT2D eigenvalue weighted by atomic mass is 9.82. The zero-order valence-corrected chi connectivity index (χ0v) is 19.5. The third-order valence-corrected chi connectivity index (χ3v) is 6.31. The Morgan fingerprint density at radius 2 is 2.19 bits per heavy atom. The number of carbonyl (C=O) groups excluding carboxylic acids is 1. The Morgan fingerprint density at radius 1 is 1.35 bits per heavy atom. The average molecular weight is 434 g/mol. The van der Waals surface area contributed by atoms with Gasteiger partial charge in [0.05, 0.1) is 24.9 Å². The molecule has 0 spiro atoms. The van der Waals surface area contributed by atoms with Gasteiger partial charge in [-0.2, -0.15) is 0 Å². The molecule has 0 radical (unpaired) electrons. The van der Waals surface area contributed by atoms with Crippen LogP contribution in [-0.2, 0) is 20.9 Å². The molecule has 0 aliphatic carbocycles. The van der Waals surface area contributed by atoms with Gasteiger partial charge in [-0.05, 0) is 43.4 Å². The summed E-state index contributed by atoms with van der Waals surface area (Å²) in [5.41, 5.74) is 1.96. The number of ether oxygens (including phenoxy) is 3. The van der Waals surface area contributed by atoms with Crippen LogP contribution in [0.5, 0.6) is 5.75 Å². The average Bonchev–Trinajstić information content (AvgIpc) is 2.78. The van der Waals surface area contributed by atoms with E-state index in [0.717, 1.165) is 70.0 Å². The van der Waals surface area contributed by atoms with Crippen molar-refractivity contribution in [2.45, 2.75) is 58.3 Å². The van der Waals surface area contributed by atoms with E-state index in [1.54, 1.807) is 14.2 Å². The van der Waals surface area contributed by atoms with Crippen LogP contribution in [-0.4, -0.2) is 65.1 Å². The molecule has 0 saturated carbocycles. The highest BCUT2D eigenvalue weighted by Crippen LogP contribution is 2.33. The Hall–Kier alpha value is -1.83. The SMILES string of the molecule is CNC(=O)C(C)(C)C[C@@H]1CC[C@@H](OCc2ccc3c(c2)N(CCCOC)CCO3)CN1. The molecule has 1 fully saturated rings. The molecule has 7 heteroatoms. The molecule has 2 N–H and O–H groups in total. The summed E-state index contributed by atoms with van der Waals surface area (Å²) < 4.78 is 17.3. The predicted octanol–water partition coefficient (Wildman–Crippen LogP) is 2.72. The van der Waals surface area contributed by atoms with Crippen molar-refractivity contribution in [2.75, 3.05) is 51.9 Å². The van der Waals surface area contributed by atoms with Crippen LogP contribution >= 0.6 is 0 Å². The molecule has 174 valence electrons. The fourth-order valence-corrected chi connectivity index (χ4v) is 4.51. The monoisotopic (exact) mass is 433 g/mol. The molecule has 0 unspecified atom stereocenters. The Bertz CT molecular complexity index is 717. The van der Waals surface area contributed by atoms with Gasteiger partial charge in [0.1, 0.15) is 12.4 Å². The summed E-state index contributed by atoms with van der Waals surface area (Å²) in [6, 6.07) is 6.72. The van der Waals surface area contributed by atoms with Gasteiger partial charge in [0.2, 0.25) is 5.91 Å². The summed E-state index contributed by atoms with van der Waals surface area (Å²) in [5, 5.41) is 6.35. The van der Waals surface area contributed by atoms with E-state index in [2.05, 4.69) is 33.7 Å². The highest BCUT2D eigenvalue weighted by molar-refractivity contribution is 5.81. The molecule has 1 aromatic rings. The van der Waals surface area contributed by atoms with Crippen molar-refractivity contribution >= 4 is 11.6 Å². The lowest BCUT2D eigenvalue weighted by Gasteiger charge is -2.34. The first-order chi connectivity index (χ1) is 14.9. The summed E-state index contributed by atoms with van der Waals surface area (Å²) >= 11 is 0. The number of carbonyl (C=O) groups is 1. The van der Waals surface area contributed by atoms with Crippen LogP contribution in [0.25, 0.3) is 0 Å². The fraction of sp³-hybridized carbons (Fsp3) is 0.708. The molecule has 1 saturated heterocycles. The van der Waals surface area contributed by atoms with Gasteiger partial charge in [-0.1, -0.05) is 19.9 Å². The zero-order valence-electron chi connectivity index (χ0n) is 19.5. The van der Waals surface area contributed by atoms with Crippen molar-refractivity contribution in [2.24, 2.45) is 5.41 Å². The lowest BCUT2D eigenvalue weighted by Crippen LogP contribution is -2.47. The molecule has 7 nitrogen and oxygen atoms in total. The van der Waals surface area contributed by atoms with Crippen LogP contribution in [0.4, 0.5) is 5.69 Å². The van der Waals surface area contributed by atoms with Gasteiger partial charge in [0.15, 0.2) is 0 Å². The smallest absolute Gasteiger partial charge is 0.225 e. The first kappa shape index (κ1) is 23.8. The molecule has 2 heterocycles. The Labute approximate surface area is 186 Å². The topological polar surface area (TPSA) is 72.1 Å². The number of nitrogens with one attached hydrogen (secondary N) is 2. The minimum absolute atomic E-state index is 0.0975. The third-order valence-electron chi connectivity index (χ3n) is 6.31. The van der Waals surface area contributed by atoms with Crippen molar-refractivity contribution in [1.29, 1.82) is 0 Å². The van der Waals surface area contributed by atoms with Gasteiger partial charge in [0.25, 0.3) is 0 Å². The second kappa shape index (κ2) is 11.2. The number of benzene rings is 1. The number of amides is 1. The number of piperidine rings is 1.